The van der Waals surface area contributed by atoms with Crippen molar-refractivity contribution >= 4 is 50.3 Å². The number of nitrogens with two attached hydrogens (primary N) is 1. The smallest absolute Gasteiger partial charge is 0.257 e. The summed E-state index contributed by atoms with van der Waals surface area (Å²) in [4.78, 5) is 49.4. The number of nitrogens with zero attached hydrogens (tertiary/aromatic N) is 3. The van der Waals surface area contributed by atoms with E-state index in [2.05, 4.69) is 15.3 Å². The Morgan fingerprint density at radius 1 is 1.19 bits per heavy atom. The molecule has 3 heterocycles. The van der Waals surface area contributed by atoms with Gasteiger partial charge in [-0.05, 0) is 31.2 Å². The number of amides is 2. The highest BCUT2D eigenvalue weighted by atomic mass is 32.2. The molecule has 4 rings (SSSR count). The van der Waals surface area contributed by atoms with Crippen LogP contribution in [0, 0.1) is 12.8 Å². The number of fused-ring (bicyclic) bond motifs is 1. The first-order valence-electron chi connectivity index (χ1n) is 9.31. The first-order chi connectivity index (χ1) is 15.2. The van der Waals surface area contributed by atoms with E-state index in [1.165, 1.54) is 40.6 Å². The van der Waals surface area contributed by atoms with Crippen molar-refractivity contribution in [3.8, 4) is 0 Å². The van der Waals surface area contributed by atoms with Crippen LogP contribution in [0.4, 0.5) is 11.4 Å². The highest BCUT2D eigenvalue weighted by molar-refractivity contribution is 7.89. The number of carbonyl (C=O) groups is 3. The lowest BCUT2D eigenvalue weighted by atomic mass is 9.89. The number of thiazole rings is 1. The average Bonchev–Trinajstić information content (AvgIpc) is 3.15. The number of sulfonamides is 1. The second kappa shape index (κ2) is 8.22. The van der Waals surface area contributed by atoms with Crippen molar-refractivity contribution in [1.82, 2.24) is 9.97 Å². The molecule has 1 atom stereocenters. The molecular weight excluding hydrogens is 454 g/mol. The summed E-state index contributed by atoms with van der Waals surface area (Å²) < 4.78 is 23.6. The topological polar surface area (TPSA) is 152 Å². The summed E-state index contributed by atoms with van der Waals surface area (Å²) in [5, 5.41) is 7.73. The number of hydrogen-bond acceptors (Lipinski definition) is 8. The number of primary sulfonamides is 1. The number of Topliss-reactive ketones (excluding diaryl/α,β-unsaturated/α-hetero) is 1. The van der Waals surface area contributed by atoms with E-state index in [1.54, 1.807) is 24.4 Å². The molecule has 164 valence electrons. The minimum Gasteiger partial charge on any atom is -0.322 e. The number of rotatable bonds is 5. The maximum atomic E-state index is 13.3. The molecule has 0 aliphatic carbocycles. The van der Waals surface area contributed by atoms with Gasteiger partial charge in [-0.3, -0.25) is 14.4 Å². The molecule has 3 N–H and O–H groups in total. The van der Waals surface area contributed by atoms with Gasteiger partial charge in [0.1, 0.15) is 0 Å². The second-order valence-corrected chi connectivity index (χ2v) is 9.77. The first kappa shape index (κ1) is 21.7. The van der Waals surface area contributed by atoms with Crippen LogP contribution in [0.15, 0.2) is 53.8 Å². The van der Waals surface area contributed by atoms with Gasteiger partial charge in [0, 0.05) is 22.8 Å². The van der Waals surface area contributed by atoms with E-state index in [1.807, 2.05) is 6.92 Å². The second-order valence-electron chi connectivity index (χ2n) is 6.97. The van der Waals surface area contributed by atoms with Crippen molar-refractivity contribution in [2.45, 2.75) is 18.5 Å². The first-order valence-corrected chi connectivity index (χ1v) is 11.7. The zero-order valence-electron chi connectivity index (χ0n) is 16.7. The number of para-hydroxylation sites is 1. The fourth-order valence-corrected chi connectivity index (χ4v) is 4.82. The van der Waals surface area contributed by atoms with Crippen LogP contribution in [0.2, 0.25) is 0 Å². The van der Waals surface area contributed by atoms with E-state index in [0.717, 1.165) is 9.88 Å². The van der Waals surface area contributed by atoms with Crippen LogP contribution in [0.1, 0.15) is 20.2 Å². The largest absolute Gasteiger partial charge is 0.322 e. The van der Waals surface area contributed by atoms with Crippen molar-refractivity contribution < 1.29 is 22.8 Å². The molecule has 0 fully saturated rings. The SMILES string of the molecule is Cc1ncc(CN2C(=O)C(C(=O)Nc3cccnc3S(N)(=O)=O)C(=O)c3ccccc32)s1. The molecule has 0 bridgehead atoms. The Morgan fingerprint density at radius 3 is 2.62 bits per heavy atom. The maximum absolute atomic E-state index is 13.3. The van der Waals surface area contributed by atoms with Crippen molar-refractivity contribution in [3.63, 3.8) is 0 Å². The Morgan fingerprint density at radius 2 is 1.94 bits per heavy atom. The van der Waals surface area contributed by atoms with Crippen LogP contribution in [0.25, 0.3) is 0 Å². The summed E-state index contributed by atoms with van der Waals surface area (Å²) in [7, 11) is -4.25. The molecule has 1 aromatic carbocycles. The maximum Gasteiger partial charge on any atom is 0.257 e. The lowest BCUT2D eigenvalue weighted by molar-refractivity contribution is -0.129. The number of aryl methyl sites for hydroxylation is 1. The Hall–Kier alpha value is -3.48. The van der Waals surface area contributed by atoms with Gasteiger partial charge in [-0.2, -0.15) is 0 Å². The molecule has 12 heteroatoms. The van der Waals surface area contributed by atoms with E-state index in [4.69, 9.17) is 5.14 Å². The Balaban J connectivity index is 1.71. The molecule has 2 amide bonds. The third kappa shape index (κ3) is 4.02. The molecule has 1 aliphatic heterocycles. The van der Waals surface area contributed by atoms with Crippen molar-refractivity contribution in [3.05, 3.63) is 64.2 Å². The van der Waals surface area contributed by atoms with Gasteiger partial charge >= 0.3 is 0 Å². The Kier molecular flexibility index (Phi) is 5.59. The highest BCUT2D eigenvalue weighted by Gasteiger charge is 2.44. The highest BCUT2D eigenvalue weighted by Crippen LogP contribution is 2.33. The van der Waals surface area contributed by atoms with Gasteiger partial charge < -0.3 is 10.2 Å². The summed E-state index contributed by atoms with van der Waals surface area (Å²) in [6, 6.07) is 9.16. The van der Waals surface area contributed by atoms with E-state index >= 15 is 0 Å². The molecule has 1 unspecified atom stereocenters. The van der Waals surface area contributed by atoms with E-state index in [-0.39, 0.29) is 17.8 Å². The minimum absolute atomic E-state index is 0.133. The van der Waals surface area contributed by atoms with Crippen LogP contribution in [0.5, 0.6) is 0 Å². The number of aromatic nitrogens is 2. The van der Waals surface area contributed by atoms with Gasteiger partial charge in [0.25, 0.3) is 10.0 Å². The van der Waals surface area contributed by atoms with Crippen LogP contribution >= 0.6 is 11.3 Å². The Bertz CT molecular complexity index is 1350. The molecule has 1 aliphatic rings. The molecule has 3 aromatic rings. The molecular formula is C20H17N5O5S2. The summed E-state index contributed by atoms with van der Waals surface area (Å²) in [5.74, 6) is -4.08. The van der Waals surface area contributed by atoms with Crippen LogP contribution in [-0.4, -0.2) is 36.0 Å². The monoisotopic (exact) mass is 471 g/mol. The van der Waals surface area contributed by atoms with Gasteiger partial charge in [-0.1, -0.05) is 12.1 Å². The third-order valence-electron chi connectivity index (χ3n) is 4.78. The van der Waals surface area contributed by atoms with Crippen molar-refractivity contribution in [1.29, 1.82) is 0 Å². The third-order valence-corrected chi connectivity index (χ3v) is 6.54. The zero-order valence-corrected chi connectivity index (χ0v) is 18.3. The summed E-state index contributed by atoms with van der Waals surface area (Å²) in [6.07, 6.45) is 2.83. The van der Waals surface area contributed by atoms with Crippen LogP contribution < -0.4 is 15.4 Å². The quantitative estimate of drug-likeness (QED) is 0.535. The average molecular weight is 472 g/mol. The fourth-order valence-electron chi connectivity index (χ4n) is 3.41. The van der Waals surface area contributed by atoms with Gasteiger partial charge in [0.2, 0.25) is 11.8 Å². The standard InChI is InChI=1S/C20H17N5O5S2/c1-11-23-9-12(31-11)10-25-15-7-3-2-5-13(15)17(26)16(20(25)28)18(27)24-14-6-4-8-22-19(14)32(21,29)30/h2-9,16H,10H2,1H3,(H,24,27)(H2,21,29,30). The van der Waals surface area contributed by atoms with Gasteiger partial charge in [-0.25, -0.2) is 23.5 Å². The lowest BCUT2D eigenvalue weighted by Crippen LogP contribution is -2.49. The van der Waals surface area contributed by atoms with Crippen molar-refractivity contribution in [2.24, 2.45) is 11.1 Å². The number of benzene rings is 1. The fraction of sp³-hybridized carbons (Fsp3) is 0.150. The molecule has 0 saturated heterocycles. The van der Waals surface area contributed by atoms with Crippen LogP contribution in [0.3, 0.4) is 0 Å². The van der Waals surface area contributed by atoms with E-state index in [0.29, 0.717) is 5.69 Å². The molecule has 0 radical (unpaired) electrons. The predicted molar refractivity (Wildman–Crippen MR) is 117 cm³/mol. The summed E-state index contributed by atoms with van der Waals surface area (Å²) >= 11 is 1.40. The summed E-state index contributed by atoms with van der Waals surface area (Å²) in [5.41, 5.74) is 0.389. The number of nitrogens with one attached hydrogen (secondary N) is 1. The number of hydrogen-bond donors (Lipinski definition) is 2. The lowest BCUT2D eigenvalue weighted by Gasteiger charge is -2.32. The van der Waals surface area contributed by atoms with Gasteiger partial charge in [0.05, 0.1) is 22.9 Å². The molecule has 0 spiro atoms. The molecule has 0 saturated carbocycles. The number of anilines is 2. The minimum atomic E-state index is -4.25. The number of ketones is 1. The number of pyridine rings is 1. The molecule has 10 nitrogen and oxygen atoms in total. The predicted octanol–water partition coefficient (Wildman–Crippen LogP) is 1.48. The zero-order chi connectivity index (χ0) is 23.0. The van der Waals surface area contributed by atoms with Crippen LogP contribution in [-0.2, 0) is 26.2 Å². The summed E-state index contributed by atoms with van der Waals surface area (Å²) in [6.45, 7) is 1.96. The normalized spacial score (nSPS) is 16.1. The van der Waals surface area contributed by atoms with E-state index < -0.39 is 38.6 Å². The van der Waals surface area contributed by atoms with Gasteiger partial charge in [-0.15, -0.1) is 11.3 Å². The van der Waals surface area contributed by atoms with Crippen molar-refractivity contribution in [2.75, 3.05) is 10.2 Å². The van der Waals surface area contributed by atoms with Gasteiger partial charge in [0.15, 0.2) is 16.7 Å². The molecule has 2 aromatic heterocycles. The number of carbonyl (C=O) groups excluding carboxylic acids is 3. The Labute approximate surface area is 187 Å². The molecule has 32 heavy (non-hydrogen) atoms. The van der Waals surface area contributed by atoms with E-state index in [9.17, 15) is 22.8 Å².